The van der Waals surface area contributed by atoms with Gasteiger partial charge >= 0.3 is 0 Å². The molecule has 35 heavy (non-hydrogen) atoms. The zero-order chi connectivity index (χ0) is 24.8. The van der Waals surface area contributed by atoms with Crippen LogP contribution < -0.4 is 19.7 Å². The van der Waals surface area contributed by atoms with Crippen LogP contribution in [0.25, 0.3) is 5.95 Å². The van der Waals surface area contributed by atoms with Crippen molar-refractivity contribution >= 4 is 11.7 Å². The van der Waals surface area contributed by atoms with Crippen LogP contribution >= 0.6 is 0 Å². The van der Waals surface area contributed by atoms with Gasteiger partial charge in [0.05, 0.1) is 19.9 Å². The van der Waals surface area contributed by atoms with Crippen molar-refractivity contribution in [2.45, 2.75) is 58.0 Å². The van der Waals surface area contributed by atoms with E-state index in [-0.39, 0.29) is 17.9 Å². The summed E-state index contributed by atoms with van der Waals surface area (Å²) in [6.07, 6.45) is 8.81. The Labute approximate surface area is 206 Å². The number of anilines is 1. The minimum atomic E-state index is 0.0182. The SMILES string of the molecule is COc1ccc(CNC(=O)CC2CCCCN2c2cc(C(C)C)nc(-n3ccnc3)n2)cc1OC. The van der Waals surface area contributed by atoms with E-state index in [1.807, 2.05) is 29.0 Å². The summed E-state index contributed by atoms with van der Waals surface area (Å²) in [6, 6.07) is 7.81. The van der Waals surface area contributed by atoms with E-state index in [4.69, 9.17) is 19.4 Å². The predicted molar refractivity (Wildman–Crippen MR) is 134 cm³/mol. The molecule has 1 aliphatic rings. The Kier molecular flexibility index (Phi) is 7.84. The van der Waals surface area contributed by atoms with Crippen LogP contribution in [0.3, 0.4) is 0 Å². The smallest absolute Gasteiger partial charge is 0.237 e. The maximum atomic E-state index is 12.9. The molecule has 1 saturated heterocycles. The van der Waals surface area contributed by atoms with Gasteiger partial charge < -0.3 is 19.7 Å². The number of nitrogens with zero attached hydrogens (tertiary/aromatic N) is 5. The molecule has 3 heterocycles. The summed E-state index contributed by atoms with van der Waals surface area (Å²) < 4.78 is 12.5. The van der Waals surface area contributed by atoms with Gasteiger partial charge in [-0.05, 0) is 42.9 Å². The molecular formula is C26H34N6O3. The average molecular weight is 479 g/mol. The molecule has 4 rings (SSSR count). The number of ether oxygens (including phenoxy) is 2. The third kappa shape index (κ3) is 5.90. The van der Waals surface area contributed by atoms with Crippen LogP contribution in [-0.4, -0.2) is 52.2 Å². The third-order valence-electron chi connectivity index (χ3n) is 6.33. The van der Waals surface area contributed by atoms with E-state index in [1.165, 1.54) is 0 Å². The number of piperidine rings is 1. The number of imidazole rings is 1. The Morgan fingerprint density at radius 2 is 1.97 bits per heavy atom. The predicted octanol–water partition coefficient (Wildman–Crippen LogP) is 3.87. The molecule has 0 saturated carbocycles. The van der Waals surface area contributed by atoms with Gasteiger partial charge in [0.25, 0.3) is 0 Å². The van der Waals surface area contributed by atoms with Crippen molar-refractivity contribution in [1.29, 1.82) is 0 Å². The van der Waals surface area contributed by atoms with Gasteiger partial charge in [0.15, 0.2) is 11.5 Å². The first-order valence-corrected chi connectivity index (χ1v) is 12.1. The zero-order valence-corrected chi connectivity index (χ0v) is 20.9. The third-order valence-corrected chi connectivity index (χ3v) is 6.33. The van der Waals surface area contributed by atoms with E-state index < -0.39 is 0 Å². The topological polar surface area (TPSA) is 94.4 Å². The molecule has 9 nitrogen and oxygen atoms in total. The van der Waals surface area contributed by atoms with Crippen molar-refractivity contribution in [2.75, 3.05) is 25.7 Å². The monoisotopic (exact) mass is 478 g/mol. The summed E-state index contributed by atoms with van der Waals surface area (Å²) in [5.41, 5.74) is 1.93. The lowest BCUT2D eigenvalue weighted by molar-refractivity contribution is -0.121. The average Bonchev–Trinajstić information content (AvgIpc) is 3.42. The van der Waals surface area contributed by atoms with Crippen LogP contribution in [0.1, 0.15) is 56.7 Å². The Balaban J connectivity index is 1.48. The van der Waals surface area contributed by atoms with Crippen molar-refractivity contribution in [1.82, 2.24) is 24.8 Å². The summed E-state index contributed by atoms with van der Waals surface area (Å²) in [4.78, 5) is 28.9. The molecule has 0 spiro atoms. The summed E-state index contributed by atoms with van der Waals surface area (Å²) in [5, 5.41) is 3.06. The van der Waals surface area contributed by atoms with E-state index in [2.05, 4.69) is 35.1 Å². The fraction of sp³-hybridized carbons (Fsp3) is 0.462. The van der Waals surface area contributed by atoms with E-state index in [9.17, 15) is 4.79 Å². The van der Waals surface area contributed by atoms with Gasteiger partial charge in [-0.25, -0.2) is 9.97 Å². The number of hydrogen-bond acceptors (Lipinski definition) is 7. The molecule has 1 atom stereocenters. The van der Waals surface area contributed by atoms with Crippen LogP contribution in [-0.2, 0) is 11.3 Å². The van der Waals surface area contributed by atoms with Gasteiger partial charge in [-0.15, -0.1) is 0 Å². The van der Waals surface area contributed by atoms with Crippen molar-refractivity contribution in [3.63, 3.8) is 0 Å². The molecule has 1 aliphatic heterocycles. The highest BCUT2D eigenvalue weighted by atomic mass is 16.5. The van der Waals surface area contributed by atoms with E-state index >= 15 is 0 Å². The molecule has 1 fully saturated rings. The van der Waals surface area contributed by atoms with Crippen LogP contribution in [0.15, 0.2) is 43.0 Å². The number of hydrogen-bond donors (Lipinski definition) is 1. The summed E-state index contributed by atoms with van der Waals surface area (Å²) in [5.74, 6) is 3.06. The second-order valence-corrected chi connectivity index (χ2v) is 9.09. The van der Waals surface area contributed by atoms with Gasteiger partial charge in [0.2, 0.25) is 11.9 Å². The number of carbonyl (C=O) groups is 1. The lowest BCUT2D eigenvalue weighted by Gasteiger charge is -2.36. The fourth-order valence-electron chi connectivity index (χ4n) is 4.37. The largest absolute Gasteiger partial charge is 0.493 e. The number of rotatable bonds is 9. The Morgan fingerprint density at radius 1 is 1.14 bits per heavy atom. The van der Waals surface area contributed by atoms with Crippen LogP contribution in [0.4, 0.5) is 5.82 Å². The van der Waals surface area contributed by atoms with Crippen molar-refractivity contribution in [3.05, 3.63) is 54.2 Å². The number of aromatic nitrogens is 4. The summed E-state index contributed by atoms with van der Waals surface area (Å²) in [7, 11) is 3.21. The Morgan fingerprint density at radius 3 is 2.69 bits per heavy atom. The Bertz CT molecular complexity index is 1130. The van der Waals surface area contributed by atoms with Gasteiger partial charge in [0, 0.05) is 44.0 Å². The van der Waals surface area contributed by atoms with Crippen molar-refractivity contribution in [3.8, 4) is 17.4 Å². The van der Waals surface area contributed by atoms with E-state index in [0.717, 1.165) is 42.9 Å². The van der Waals surface area contributed by atoms with Crippen molar-refractivity contribution < 1.29 is 14.3 Å². The van der Waals surface area contributed by atoms with Gasteiger partial charge in [-0.1, -0.05) is 19.9 Å². The van der Waals surface area contributed by atoms with E-state index in [0.29, 0.717) is 30.4 Å². The molecule has 1 aromatic carbocycles. The first-order chi connectivity index (χ1) is 17.0. The normalized spacial score (nSPS) is 15.8. The number of amides is 1. The summed E-state index contributed by atoms with van der Waals surface area (Å²) in [6.45, 7) is 5.55. The molecule has 0 aliphatic carbocycles. The van der Waals surface area contributed by atoms with Crippen LogP contribution in [0.2, 0.25) is 0 Å². The molecular weight excluding hydrogens is 444 g/mol. The minimum Gasteiger partial charge on any atom is -0.493 e. The highest BCUT2D eigenvalue weighted by molar-refractivity contribution is 5.77. The molecule has 9 heteroatoms. The zero-order valence-electron chi connectivity index (χ0n) is 20.9. The highest BCUT2D eigenvalue weighted by Crippen LogP contribution is 2.29. The number of benzene rings is 1. The quantitative estimate of drug-likeness (QED) is 0.499. The molecule has 0 bridgehead atoms. The number of methoxy groups -OCH3 is 2. The maximum Gasteiger partial charge on any atom is 0.237 e. The molecule has 3 aromatic rings. The fourth-order valence-corrected chi connectivity index (χ4v) is 4.37. The van der Waals surface area contributed by atoms with Gasteiger partial charge in [-0.3, -0.25) is 9.36 Å². The molecule has 1 N–H and O–H groups in total. The molecule has 186 valence electrons. The lowest BCUT2D eigenvalue weighted by Crippen LogP contribution is -2.43. The standard InChI is InChI=1S/C26H34N6O3/c1-18(2)21-15-24(30-26(29-21)31-12-10-27-17-31)32-11-6-5-7-20(32)14-25(33)28-16-19-8-9-22(34-3)23(13-19)35-4/h8-10,12-13,15,17-18,20H,5-7,11,14,16H2,1-4H3,(H,28,33). The first kappa shape index (κ1) is 24.5. The second kappa shape index (κ2) is 11.2. The minimum absolute atomic E-state index is 0.0182. The Hall–Kier alpha value is -3.62. The molecule has 1 unspecified atom stereocenters. The van der Waals surface area contributed by atoms with Crippen molar-refractivity contribution in [2.24, 2.45) is 0 Å². The lowest BCUT2D eigenvalue weighted by atomic mass is 9.98. The van der Waals surface area contributed by atoms with Gasteiger partial charge in [0.1, 0.15) is 12.1 Å². The summed E-state index contributed by atoms with van der Waals surface area (Å²) >= 11 is 0. The molecule has 2 aromatic heterocycles. The number of carbonyl (C=O) groups excluding carboxylic acids is 1. The maximum absolute atomic E-state index is 12.9. The second-order valence-electron chi connectivity index (χ2n) is 9.09. The molecule has 1 amide bonds. The highest BCUT2D eigenvalue weighted by Gasteiger charge is 2.27. The van der Waals surface area contributed by atoms with E-state index in [1.54, 1.807) is 26.7 Å². The van der Waals surface area contributed by atoms with Gasteiger partial charge in [-0.2, -0.15) is 4.98 Å². The number of nitrogens with one attached hydrogen (secondary N) is 1. The molecule has 0 radical (unpaired) electrons. The van der Waals surface area contributed by atoms with Crippen LogP contribution in [0, 0.1) is 0 Å². The van der Waals surface area contributed by atoms with Crippen LogP contribution in [0.5, 0.6) is 11.5 Å². The first-order valence-electron chi connectivity index (χ1n) is 12.1.